The average Bonchev–Trinajstić information content (AvgIpc) is 3.10. The van der Waals surface area contributed by atoms with E-state index in [1.165, 1.54) is 48.1 Å². The molecule has 0 atom stereocenters. The van der Waals surface area contributed by atoms with E-state index in [1.807, 2.05) is 54.5 Å². The molecule has 0 aliphatic rings. The number of benzene rings is 2. The van der Waals surface area contributed by atoms with E-state index in [9.17, 15) is 0 Å². The first-order valence-corrected chi connectivity index (χ1v) is 18.5. The average molecular weight is 626 g/mol. The number of aliphatic imine (C=N–C) groups is 1. The van der Waals surface area contributed by atoms with Crippen molar-refractivity contribution < 1.29 is 4.74 Å². The van der Waals surface area contributed by atoms with E-state index in [4.69, 9.17) is 9.73 Å². The summed E-state index contributed by atoms with van der Waals surface area (Å²) in [4.78, 5) is 4.89. The van der Waals surface area contributed by atoms with Gasteiger partial charge >= 0.3 is 0 Å². The van der Waals surface area contributed by atoms with Gasteiger partial charge in [0.2, 0.25) is 0 Å². The molecule has 2 aromatic rings. The minimum absolute atomic E-state index is 0.831. The zero-order valence-corrected chi connectivity index (χ0v) is 32.9. The maximum Gasteiger partial charge on any atom is 0.0662 e. The molecule has 262 valence electrons. The van der Waals surface area contributed by atoms with Crippen LogP contribution in [0.25, 0.3) is 0 Å². The van der Waals surface area contributed by atoms with Gasteiger partial charge in [0.1, 0.15) is 0 Å². The fraction of sp³-hybridized carbons (Fsp3) is 0.605. The molecule has 0 saturated heterocycles. The van der Waals surface area contributed by atoms with Crippen molar-refractivity contribution in [1.82, 2.24) is 0 Å². The van der Waals surface area contributed by atoms with Crippen molar-refractivity contribution in [3.05, 3.63) is 90.0 Å². The Bertz CT molecular complexity index is 844. The molecular formula is C43H79NO. The normalized spacial score (nSPS) is 9.51. The third kappa shape index (κ3) is 37.6. The molecule has 0 aliphatic carbocycles. The fourth-order valence-electron chi connectivity index (χ4n) is 3.42. The number of unbranched alkanes of at least 4 members (excludes halogenated alkanes) is 3. The van der Waals surface area contributed by atoms with Crippen LogP contribution in [0.3, 0.4) is 0 Å². The molecule has 0 unspecified atom stereocenters. The Balaban J connectivity index is -0.000000177. The molecule has 2 rings (SSSR count). The second-order valence-corrected chi connectivity index (χ2v) is 9.52. The molecule has 0 heterocycles. The molecule has 0 aromatic heterocycles. The van der Waals surface area contributed by atoms with E-state index < -0.39 is 0 Å². The van der Waals surface area contributed by atoms with Crippen LogP contribution in [0.5, 0.6) is 0 Å². The number of hydrogen-bond acceptors (Lipinski definition) is 2. The van der Waals surface area contributed by atoms with Crippen molar-refractivity contribution >= 4 is 11.4 Å². The van der Waals surface area contributed by atoms with E-state index >= 15 is 0 Å². The van der Waals surface area contributed by atoms with E-state index in [0.29, 0.717) is 0 Å². The molecule has 0 fully saturated rings. The third-order valence-electron chi connectivity index (χ3n) is 5.80. The first-order valence-electron chi connectivity index (χ1n) is 18.5. The Morgan fingerprint density at radius 2 is 1.29 bits per heavy atom. The molecule has 2 nitrogen and oxygen atoms in total. The Morgan fingerprint density at radius 1 is 0.733 bits per heavy atom. The first kappa shape index (κ1) is 52.1. The van der Waals surface area contributed by atoms with Crippen molar-refractivity contribution in [2.75, 3.05) is 13.2 Å². The Labute approximate surface area is 284 Å². The Morgan fingerprint density at radius 3 is 1.67 bits per heavy atom. The molecule has 0 aliphatic heterocycles. The molecule has 0 amide bonds. The monoisotopic (exact) mass is 626 g/mol. The smallest absolute Gasteiger partial charge is 0.0662 e. The first-order chi connectivity index (χ1) is 22.0. The van der Waals surface area contributed by atoms with Crippen molar-refractivity contribution in [3.63, 3.8) is 0 Å². The SMILES string of the molecule is C/C=C/CC.C=CCCOCCC.CC.CC.CC.CCCC(=Nc1ccccc1C)c1ccc(CC)cc1.CCCCCC. The number of para-hydroxylation sites is 1. The Hall–Kier alpha value is -2.45. The van der Waals surface area contributed by atoms with Crippen molar-refractivity contribution in [2.24, 2.45) is 4.99 Å². The fourth-order valence-corrected chi connectivity index (χ4v) is 3.42. The van der Waals surface area contributed by atoms with E-state index in [-0.39, 0.29) is 0 Å². The summed E-state index contributed by atoms with van der Waals surface area (Å²) in [5.74, 6) is 0. The highest BCUT2D eigenvalue weighted by Gasteiger charge is 2.04. The van der Waals surface area contributed by atoms with Crippen LogP contribution in [0.15, 0.2) is 78.3 Å². The number of allylic oxidation sites excluding steroid dienone is 2. The van der Waals surface area contributed by atoms with Crippen LogP contribution in [0.1, 0.15) is 164 Å². The number of rotatable bonds is 14. The van der Waals surface area contributed by atoms with E-state index in [1.54, 1.807) is 0 Å². The lowest BCUT2D eigenvalue weighted by atomic mass is 10.0. The molecule has 45 heavy (non-hydrogen) atoms. The maximum absolute atomic E-state index is 5.15. The summed E-state index contributed by atoms with van der Waals surface area (Å²) in [6.07, 6.45) is 18.0. The second-order valence-electron chi connectivity index (χ2n) is 9.52. The number of ether oxygens (including phenoxy) is 1. The van der Waals surface area contributed by atoms with Gasteiger partial charge < -0.3 is 4.74 Å². The minimum atomic E-state index is 0.831. The number of hydrogen-bond donors (Lipinski definition) is 0. The van der Waals surface area contributed by atoms with E-state index in [0.717, 1.165) is 57.4 Å². The second kappa shape index (κ2) is 48.5. The zero-order valence-electron chi connectivity index (χ0n) is 32.9. The minimum Gasteiger partial charge on any atom is -0.381 e. The van der Waals surface area contributed by atoms with Crippen LogP contribution in [0, 0.1) is 6.92 Å². The van der Waals surface area contributed by atoms with Crippen LogP contribution in [0.4, 0.5) is 5.69 Å². The van der Waals surface area contributed by atoms with Gasteiger partial charge in [-0.25, -0.2) is 0 Å². The summed E-state index contributed by atoms with van der Waals surface area (Å²) in [5, 5.41) is 0. The topological polar surface area (TPSA) is 21.6 Å². The third-order valence-corrected chi connectivity index (χ3v) is 5.80. The predicted molar refractivity (Wildman–Crippen MR) is 213 cm³/mol. The standard InChI is InChI=1S/C19H23N.C7H14O.C6H14.C5H10.3C2H6/c1-4-8-19(17-13-11-16(5-2)12-14-17)20-18-10-7-6-9-15(18)3;1-3-5-7-8-6-4-2;1-3-5-6-4-2;1-3-5-4-2;3*1-2/h6-7,9-14H,4-5,8H2,1-3H3;3H,1,4-7H2,2H3;3-6H2,1-2H3;3,5H,4H2,1-2H3;3*1-2H3/b;;;5-3+;;;. The molecule has 0 radical (unpaired) electrons. The van der Waals surface area contributed by atoms with Gasteiger partial charge in [-0.3, -0.25) is 4.99 Å². The molecule has 2 heteroatoms. The summed E-state index contributed by atoms with van der Waals surface area (Å²) >= 11 is 0. The largest absolute Gasteiger partial charge is 0.381 e. The Kier molecular flexibility index (Phi) is 56.1. The zero-order chi connectivity index (χ0) is 35.6. The van der Waals surface area contributed by atoms with E-state index in [2.05, 4.69) is 116 Å². The molecule has 0 spiro atoms. The molecule has 2 aromatic carbocycles. The molecule has 0 N–H and O–H groups in total. The maximum atomic E-state index is 5.15. The molecule has 0 bridgehead atoms. The number of nitrogens with zero attached hydrogens (tertiary/aromatic N) is 1. The van der Waals surface area contributed by atoms with Crippen LogP contribution < -0.4 is 0 Å². The lowest BCUT2D eigenvalue weighted by Crippen LogP contribution is -2.00. The quantitative estimate of drug-likeness (QED) is 0.116. The highest BCUT2D eigenvalue weighted by molar-refractivity contribution is 6.02. The van der Waals surface area contributed by atoms with Crippen LogP contribution >= 0.6 is 0 Å². The molecular weight excluding hydrogens is 546 g/mol. The van der Waals surface area contributed by atoms with Crippen LogP contribution in [-0.2, 0) is 11.2 Å². The van der Waals surface area contributed by atoms with Gasteiger partial charge in [0.15, 0.2) is 0 Å². The summed E-state index contributed by atoms with van der Waals surface area (Å²) in [6, 6.07) is 17.1. The van der Waals surface area contributed by atoms with Crippen molar-refractivity contribution in [3.8, 4) is 0 Å². The summed E-state index contributed by atoms with van der Waals surface area (Å²) in [6.45, 7) is 34.5. The lowest BCUT2D eigenvalue weighted by Gasteiger charge is -2.08. The lowest BCUT2D eigenvalue weighted by molar-refractivity contribution is 0.139. The van der Waals surface area contributed by atoms with Gasteiger partial charge in [-0.05, 0) is 68.7 Å². The number of aryl methyl sites for hydroxylation is 2. The van der Waals surface area contributed by atoms with Gasteiger partial charge in [-0.2, -0.15) is 0 Å². The summed E-state index contributed by atoms with van der Waals surface area (Å²) in [5.41, 5.74) is 6.11. The van der Waals surface area contributed by atoms with Gasteiger partial charge in [-0.1, -0.05) is 176 Å². The predicted octanol–water partition coefficient (Wildman–Crippen LogP) is 15.1. The highest BCUT2D eigenvalue weighted by Crippen LogP contribution is 2.20. The van der Waals surface area contributed by atoms with Crippen LogP contribution in [-0.4, -0.2) is 18.9 Å². The summed E-state index contributed by atoms with van der Waals surface area (Å²) in [7, 11) is 0. The van der Waals surface area contributed by atoms with Crippen molar-refractivity contribution in [1.29, 1.82) is 0 Å². The van der Waals surface area contributed by atoms with Gasteiger partial charge in [0.05, 0.1) is 5.69 Å². The highest BCUT2D eigenvalue weighted by atomic mass is 16.5. The summed E-state index contributed by atoms with van der Waals surface area (Å²) < 4.78 is 5.15. The van der Waals surface area contributed by atoms with Crippen LogP contribution in [0.2, 0.25) is 0 Å². The van der Waals surface area contributed by atoms with Gasteiger partial charge in [-0.15, -0.1) is 6.58 Å². The molecule has 0 saturated carbocycles. The van der Waals surface area contributed by atoms with Crippen molar-refractivity contribution in [2.45, 2.75) is 161 Å². The van der Waals surface area contributed by atoms with Gasteiger partial charge in [0, 0.05) is 18.9 Å². The van der Waals surface area contributed by atoms with Gasteiger partial charge in [0.25, 0.3) is 0 Å².